The average molecular weight is 361 g/mol. The predicted octanol–water partition coefficient (Wildman–Crippen LogP) is 5.24. The number of aromatic nitrogens is 1. The summed E-state index contributed by atoms with van der Waals surface area (Å²) in [7, 11) is 0. The molecule has 2 heterocycles. The van der Waals surface area contributed by atoms with Crippen molar-refractivity contribution < 1.29 is 0 Å². The van der Waals surface area contributed by atoms with Gasteiger partial charge in [-0.1, -0.05) is 23.7 Å². The predicted molar refractivity (Wildman–Crippen MR) is 105 cm³/mol. The van der Waals surface area contributed by atoms with Crippen LogP contribution in [0.15, 0.2) is 48.8 Å². The molecule has 128 valence electrons. The first-order chi connectivity index (χ1) is 11.8. The first-order valence-corrected chi connectivity index (χ1v) is 10.2. The molecule has 0 radical (unpaired) electrons. The molecule has 1 fully saturated rings. The van der Waals surface area contributed by atoms with Crippen LogP contribution in [0, 0.1) is 0 Å². The summed E-state index contributed by atoms with van der Waals surface area (Å²) in [4.78, 5) is 6.71. The molecule has 1 aromatic carbocycles. The molecular weight excluding hydrogens is 336 g/mol. The fourth-order valence-corrected chi connectivity index (χ4v) is 4.59. The number of benzene rings is 1. The Balaban J connectivity index is 1.40. The number of nitrogens with zero attached hydrogens (tertiary/aromatic N) is 2. The van der Waals surface area contributed by atoms with Crippen molar-refractivity contribution >= 4 is 23.4 Å². The van der Waals surface area contributed by atoms with Gasteiger partial charge in [-0.15, -0.1) is 0 Å². The lowest BCUT2D eigenvalue weighted by Crippen LogP contribution is -2.27. The lowest BCUT2D eigenvalue weighted by molar-refractivity contribution is 0.285. The molecule has 0 saturated carbocycles. The maximum Gasteiger partial charge on any atom is 0.0406 e. The minimum absolute atomic E-state index is 0.615. The smallest absolute Gasteiger partial charge is 0.0406 e. The van der Waals surface area contributed by atoms with Crippen LogP contribution in [-0.4, -0.2) is 35.3 Å². The SMILES string of the molecule is Clc1ccc(C2CCN(CCCCc3ccncc3)CCS2)cc1. The van der Waals surface area contributed by atoms with Crippen molar-refractivity contribution in [2.75, 3.05) is 25.4 Å². The summed E-state index contributed by atoms with van der Waals surface area (Å²) >= 11 is 8.09. The van der Waals surface area contributed by atoms with E-state index in [4.69, 9.17) is 11.6 Å². The van der Waals surface area contributed by atoms with Crippen LogP contribution >= 0.6 is 23.4 Å². The molecule has 24 heavy (non-hydrogen) atoms. The van der Waals surface area contributed by atoms with Crippen LogP contribution in [-0.2, 0) is 6.42 Å². The van der Waals surface area contributed by atoms with Crippen molar-refractivity contribution in [3.05, 3.63) is 64.9 Å². The monoisotopic (exact) mass is 360 g/mol. The molecule has 1 aliphatic rings. The maximum absolute atomic E-state index is 6.00. The largest absolute Gasteiger partial charge is 0.302 e. The Morgan fingerprint density at radius 1 is 1.04 bits per heavy atom. The highest BCUT2D eigenvalue weighted by atomic mass is 35.5. The van der Waals surface area contributed by atoms with Gasteiger partial charge in [-0.3, -0.25) is 4.98 Å². The molecule has 1 saturated heterocycles. The molecule has 0 N–H and O–H groups in total. The summed E-state index contributed by atoms with van der Waals surface area (Å²) in [6.45, 7) is 3.64. The van der Waals surface area contributed by atoms with Crippen LogP contribution in [0.25, 0.3) is 0 Å². The third-order valence-electron chi connectivity index (χ3n) is 4.62. The maximum atomic E-state index is 6.00. The van der Waals surface area contributed by atoms with Gasteiger partial charge in [0.2, 0.25) is 0 Å². The molecule has 2 aromatic rings. The second-order valence-corrected chi connectivity index (χ2v) is 8.10. The lowest BCUT2D eigenvalue weighted by Gasteiger charge is -2.19. The number of aryl methyl sites for hydroxylation is 1. The fourth-order valence-electron chi connectivity index (χ4n) is 3.20. The van der Waals surface area contributed by atoms with Crippen LogP contribution in [0.3, 0.4) is 0 Å². The zero-order chi connectivity index (χ0) is 16.6. The van der Waals surface area contributed by atoms with Crippen LogP contribution in [0.5, 0.6) is 0 Å². The number of pyridine rings is 1. The highest BCUT2D eigenvalue weighted by Crippen LogP contribution is 2.34. The molecule has 1 aliphatic heterocycles. The van der Waals surface area contributed by atoms with Gasteiger partial charge in [0.1, 0.15) is 0 Å². The van der Waals surface area contributed by atoms with E-state index >= 15 is 0 Å². The Morgan fingerprint density at radius 3 is 2.62 bits per heavy atom. The van der Waals surface area contributed by atoms with E-state index in [0.717, 1.165) is 5.02 Å². The molecule has 0 bridgehead atoms. The highest BCUT2D eigenvalue weighted by Gasteiger charge is 2.18. The standard InChI is InChI=1S/C20H25ClN2S/c21-19-6-4-18(5-7-19)20-10-14-23(15-16-24-20)13-2-1-3-17-8-11-22-12-9-17/h4-9,11-12,20H,1-3,10,13-16H2. The normalized spacial score (nSPS) is 19.1. The first-order valence-electron chi connectivity index (χ1n) is 8.79. The number of hydrogen-bond donors (Lipinski definition) is 0. The molecule has 2 nitrogen and oxygen atoms in total. The summed E-state index contributed by atoms with van der Waals surface area (Å²) in [5.74, 6) is 1.22. The minimum Gasteiger partial charge on any atom is -0.302 e. The summed E-state index contributed by atoms with van der Waals surface area (Å²) in [6.07, 6.45) is 8.71. The number of thioether (sulfide) groups is 1. The molecule has 0 spiro atoms. The third-order valence-corrected chi connectivity index (χ3v) is 6.20. The number of rotatable bonds is 6. The zero-order valence-corrected chi connectivity index (χ0v) is 15.6. The van der Waals surface area contributed by atoms with Gasteiger partial charge in [-0.2, -0.15) is 11.8 Å². The van der Waals surface area contributed by atoms with Crippen molar-refractivity contribution in [3.8, 4) is 0 Å². The van der Waals surface area contributed by atoms with E-state index in [9.17, 15) is 0 Å². The summed E-state index contributed by atoms with van der Waals surface area (Å²) in [5.41, 5.74) is 2.82. The van der Waals surface area contributed by atoms with Crippen molar-refractivity contribution in [1.29, 1.82) is 0 Å². The van der Waals surface area contributed by atoms with Crippen molar-refractivity contribution in [2.24, 2.45) is 0 Å². The second kappa shape index (κ2) is 9.45. The van der Waals surface area contributed by atoms with E-state index in [-0.39, 0.29) is 0 Å². The van der Waals surface area contributed by atoms with Crippen LogP contribution < -0.4 is 0 Å². The van der Waals surface area contributed by atoms with E-state index < -0.39 is 0 Å². The van der Waals surface area contributed by atoms with E-state index in [0.29, 0.717) is 5.25 Å². The topological polar surface area (TPSA) is 16.1 Å². The molecule has 1 unspecified atom stereocenters. The molecular formula is C20H25ClN2S. The van der Waals surface area contributed by atoms with Crippen molar-refractivity contribution in [2.45, 2.75) is 30.9 Å². The van der Waals surface area contributed by atoms with E-state index in [2.05, 4.69) is 45.9 Å². The molecule has 3 rings (SSSR count). The fraction of sp³-hybridized carbons (Fsp3) is 0.450. The molecule has 1 atom stereocenters. The summed E-state index contributed by atoms with van der Waals surface area (Å²) in [5, 5.41) is 1.44. The van der Waals surface area contributed by atoms with Gasteiger partial charge >= 0.3 is 0 Å². The Hall–Kier alpha value is -1.03. The van der Waals surface area contributed by atoms with Gasteiger partial charge in [-0.25, -0.2) is 0 Å². The Morgan fingerprint density at radius 2 is 1.83 bits per heavy atom. The summed E-state index contributed by atoms with van der Waals surface area (Å²) in [6, 6.07) is 12.6. The molecule has 4 heteroatoms. The zero-order valence-electron chi connectivity index (χ0n) is 14.0. The van der Waals surface area contributed by atoms with Gasteiger partial charge in [0.25, 0.3) is 0 Å². The van der Waals surface area contributed by atoms with Gasteiger partial charge in [0, 0.05) is 35.0 Å². The van der Waals surface area contributed by atoms with Gasteiger partial charge < -0.3 is 4.90 Å². The van der Waals surface area contributed by atoms with Crippen LogP contribution in [0.2, 0.25) is 5.02 Å². The number of hydrogen-bond acceptors (Lipinski definition) is 3. The second-order valence-electron chi connectivity index (χ2n) is 6.35. The van der Waals surface area contributed by atoms with Gasteiger partial charge in [-0.05, 0) is 74.2 Å². The Labute approximate surface area is 154 Å². The lowest BCUT2D eigenvalue weighted by atomic mass is 10.1. The average Bonchev–Trinajstić information content (AvgIpc) is 2.86. The summed E-state index contributed by atoms with van der Waals surface area (Å²) < 4.78 is 0. The van der Waals surface area contributed by atoms with Crippen LogP contribution in [0.4, 0.5) is 0 Å². The number of halogens is 1. The van der Waals surface area contributed by atoms with E-state index in [1.807, 2.05) is 24.5 Å². The van der Waals surface area contributed by atoms with Gasteiger partial charge in [0.05, 0.1) is 0 Å². The Kier molecular flexibility index (Phi) is 7.00. The Bertz CT molecular complexity index is 603. The molecule has 1 aromatic heterocycles. The quantitative estimate of drug-likeness (QED) is 0.655. The van der Waals surface area contributed by atoms with E-state index in [1.165, 1.54) is 62.2 Å². The van der Waals surface area contributed by atoms with Gasteiger partial charge in [0.15, 0.2) is 0 Å². The molecule has 0 amide bonds. The molecule has 0 aliphatic carbocycles. The minimum atomic E-state index is 0.615. The third kappa shape index (κ3) is 5.51. The number of unbranched alkanes of at least 4 members (excludes halogenated alkanes) is 1. The van der Waals surface area contributed by atoms with E-state index in [1.54, 1.807) is 0 Å². The first kappa shape index (κ1) is 17.8. The van der Waals surface area contributed by atoms with Crippen molar-refractivity contribution in [1.82, 2.24) is 9.88 Å². The van der Waals surface area contributed by atoms with Crippen LogP contribution in [0.1, 0.15) is 35.6 Å². The van der Waals surface area contributed by atoms with Crippen molar-refractivity contribution in [3.63, 3.8) is 0 Å². The highest BCUT2D eigenvalue weighted by molar-refractivity contribution is 7.99.